The fourth-order valence-corrected chi connectivity index (χ4v) is 3.95. The van der Waals surface area contributed by atoms with Gasteiger partial charge >= 0.3 is 0 Å². The Labute approximate surface area is 113 Å². The van der Waals surface area contributed by atoms with E-state index >= 15 is 0 Å². The van der Waals surface area contributed by atoms with Gasteiger partial charge in [0.15, 0.2) is 0 Å². The summed E-state index contributed by atoms with van der Waals surface area (Å²) in [4.78, 5) is 2.32. The highest BCUT2D eigenvalue weighted by Crippen LogP contribution is 2.33. The summed E-state index contributed by atoms with van der Waals surface area (Å²) in [5.74, 6) is 0.748. The molecule has 1 aromatic rings. The first-order valence-corrected chi connectivity index (χ1v) is 8.04. The minimum Gasteiger partial charge on any atom is -0.349 e. The van der Waals surface area contributed by atoms with Crippen molar-refractivity contribution in [2.24, 2.45) is 0 Å². The van der Waals surface area contributed by atoms with Crippen LogP contribution in [0.2, 0.25) is 0 Å². The highest BCUT2D eigenvalue weighted by atomic mass is 32.2. The summed E-state index contributed by atoms with van der Waals surface area (Å²) in [5, 5.41) is 9.19. The van der Waals surface area contributed by atoms with Gasteiger partial charge in [0, 0.05) is 23.4 Å². The second-order valence-electron chi connectivity index (χ2n) is 5.30. The lowest BCUT2D eigenvalue weighted by Crippen LogP contribution is -2.38. The van der Waals surface area contributed by atoms with E-state index in [1.807, 2.05) is 17.8 Å². The summed E-state index contributed by atoms with van der Waals surface area (Å²) < 4.78 is 0. The van der Waals surface area contributed by atoms with Crippen LogP contribution >= 0.6 is 11.8 Å². The van der Waals surface area contributed by atoms with Crippen molar-refractivity contribution >= 4 is 17.6 Å². The molecule has 96 valence electrons. The zero-order valence-corrected chi connectivity index (χ0v) is 11.7. The molecule has 0 bridgehead atoms. The lowest BCUT2D eigenvalue weighted by atomic mass is 9.94. The number of fused-ring (bicyclic) bond motifs is 1. The minimum atomic E-state index is 0.591. The Kier molecular flexibility index (Phi) is 3.33. The van der Waals surface area contributed by atoms with Gasteiger partial charge in [-0.05, 0) is 37.5 Å². The molecule has 1 heterocycles. The average Bonchev–Trinajstić information content (AvgIpc) is 2.77. The van der Waals surface area contributed by atoms with E-state index in [-0.39, 0.29) is 0 Å². The third kappa shape index (κ3) is 2.05. The molecule has 3 rings (SSSR count). The van der Waals surface area contributed by atoms with Crippen molar-refractivity contribution < 1.29 is 0 Å². The van der Waals surface area contributed by atoms with Gasteiger partial charge in [-0.3, -0.25) is 5.41 Å². The normalized spacial score (nSPS) is 27.4. The number of amidine groups is 1. The maximum atomic E-state index is 8.34. The van der Waals surface area contributed by atoms with Gasteiger partial charge in [-0.15, -0.1) is 0 Å². The highest BCUT2D eigenvalue weighted by molar-refractivity contribution is 7.99. The number of hydrogen-bond donors (Lipinski definition) is 1. The molecule has 1 saturated carbocycles. The van der Waals surface area contributed by atoms with Crippen molar-refractivity contribution in [2.45, 2.75) is 43.5 Å². The van der Waals surface area contributed by atoms with Crippen molar-refractivity contribution in [1.82, 2.24) is 4.90 Å². The van der Waals surface area contributed by atoms with Crippen LogP contribution in [0.3, 0.4) is 0 Å². The van der Waals surface area contributed by atoms with Gasteiger partial charge in [-0.2, -0.15) is 11.8 Å². The zero-order chi connectivity index (χ0) is 12.5. The number of thioether (sulfide) groups is 1. The number of hydrogen-bond acceptors (Lipinski definition) is 2. The van der Waals surface area contributed by atoms with Crippen molar-refractivity contribution in [3.05, 3.63) is 35.4 Å². The first-order chi connectivity index (χ1) is 8.79. The van der Waals surface area contributed by atoms with Gasteiger partial charge in [0.1, 0.15) is 5.84 Å². The molecule has 0 spiro atoms. The smallest absolute Gasteiger partial charge is 0.128 e. The van der Waals surface area contributed by atoms with Crippen molar-refractivity contribution in [3.63, 3.8) is 0 Å². The Bertz CT molecular complexity index is 450. The van der Waals surface area contributed by atoms with E-state index < -0.39 is 0 Å². The van der Waals surface area contributed by atoms with E-state index in [1.165, 1.54) is 31.2 Å². The summed E-state index contributed by atoms with van der Waals surface area (Å²) in [6.45, 7) is 0.948. The second-order valence-corrected chi connectivity index (χ2v) is 6.44. The number of nitrogens with one attached hydrogen (secondary N) is 1. The van der Waals surface area contributed by atoms with Crippen molar-refractivity contribution in [3.8, 4) is 0 Å². The third-order valence-corrected chi connectivity index (χ3v) is 5.46. The van der Waals surface area contributed by atoms with E-state index in [2.05, 4.69) is 29.4 Å². The van der Waals surface area contributed by atoms with Crippen LogP contribution in [-0.2, 0) is 6.54 Å². The van der Waals surface area contributed by atoms with E-state index in [0.29, 0.717) is 6.04 Å². The fourth-order valence-electron chi connectivity index (χ4n) is 3.21. The summed E-state index contributed by atoms with van der Waals surface area (Å²) in [5.41, 5.74) is 2.47. The molecular formula is C15H20N2S. The first-order valence-electron chi connectivity index (χ1n) is 6.76. The molecular weight excluding hydrogens is 240 g/mol. The molecule has 3 heteroatoms. The van der Waals surface area contributed by atoms with Gasteiger partial charge in [-0.25, -0.2) is 0 Å². The first kappa shape index (κ1) is 12.1. The van der Waals surface area contributed by atoms with Crippen LogP contribution in [-0.4, -0.2) is 28.3 Å². The molecule has 2 nitrogen and oxygen atoms in total. The molecule has 1 fully saturated rings. The Balaban J connectivity index is 1.71. The highest BCUT2D eigenvalue weighted by Gasteiger charge is 2.32. The number of rotatable bonds is 2. The largest absolute Gasteiger partial charge is 0.349 e. The maximum Gasteiger partial charge on any atom is 0.128 e. The molecule has 1 aromatic carbocycles. The van der Waals surface area contributed by atoms with E-state index in [1.54, 1.807) is 0 Å². The van der Waals surface area contributed by atoms with E-state index in [0.717, 1.165) is 23.2 Å². The molecule has 1 N–H and O–H groups in total. The molecule has 1 aliphatic heterocycles. The van der Waals surface area contributed by atoms with Crippen molar-refractivity contribution in [1.29, 1.82) is 5.41 Å². The van der Waals surface area contributed by atoms with Gasteiger partial charge in [0.25, 0.3) is 0 Å². The molecule has 0 atom stereocenters. The standard InChI is InChI=1S/C15H20N2S/c1-18-13-8-6-12(7-9-13)17-10-11-4-2-3-5-14(11)15(17)16/h2-5,12-13,16H,6-10H2,1H3. The molecule has 2 aliphatic rings. The number of nitrogens with zero attached hydrogens (tertiary/aromatic N) is 1. The fraction of sp³-hybridized carbons (Fsp3) is 0.533. The Hall–Kier alpha value is -0.960. The van der Waals surface area contributed by atoms with Crippen LogP contribution in [0.25, 0.3) is 0 Å². The molecule has 18 heavy (non-hydrogen) atoms. The molecule has 0 radical (unpaired) electrons. The second kappa shape index (κ2) is 4.96. The Morgan fingerprint density at radius 3 is 2.56 bits per heavy atom. The van der Waals surface area contributed by atoms with Crippen LogP contribution in [0, 0.1) is 5.41 Å². The van der Waals surface area contributed by atoms with Gasteiger partial charge < -0.3 is 4.90 Å². The SMILES string of the molecule is CSC1CCC(N2Cc3ccccc3C2=N)CC1. The van der Waals surface area contributed by atoms with E-state index in [9.17, 15) is 0 Å². The number of benzene rings is 1. The predicted molar refractivity (Wildman–Crippen MR) is 78.4 cm³/mol. The monoisotopic (exact) mass is 260 g/mol. The Morgan fingerprint density at radius 1 is 1.17 bits per heavy atom. The maximum absolute atomic E-state index is 8.34. The summed E-state index contributed by atoms with van der Waals surface area (Å²) in [6.07, 6.45) is 7.35. The topological polar surface area (TPSA) is 27.1 Å². The average molecular weight is 260 g/mol. The van der Waals surface area contributed by atoms with Crippen LogP contribution < -0.4 is 0 Å². The third-order valence-electron chi connectivity index (χ3n) is 4.32. The summed E-state index contributed by atoms with van der Waals surface area (Å²) in [7, 11) is 0. The molecule has 0 saturated heterocycles. The van der Waals surface area contributed by atoms with Crippen LogP contribution in [0.4, 0.5) is 0 Å². The summed E-state index contributed by atoms with van der Waals surface area (Å²) >= 11 is 2.01. The lowest BCUT2D eigenvalue weighted by Gasteiger charge is -2.35. The van der Waals surface area contributed by atoms with Gasteiger partial charge in [-0.1, -0.05) is 24.3 Å². The zero-order valence-electron chi connectivity index (χ0n) is 10.9. The minimum absolute atomic E-state index is 0.591. The van der Waals surface area contributed by atoms with E-state index in [4.69, 9.17) is 5.41 Å². The quantitative estimate of drug-likeness (QED) is 0.881. The molecule has 0 unspecified atom stereocenters. The van der Waals surface area contributed by atoms with Crippen LogP contribution in [0.5, 0.6) is 0 Å². The molecule has 0 aromatic heterocycles. The summed E-state index contributed by atoms with van der Waals surface area (Å²) in [6, 6.07) is 8.97. The predicted octanol–water partition coefficient (Wildman–Crippen LogP) is 3.50. The lowest BCUT2D eigenvalue weighted by molar-refractivity contribution is 0.248. The molecule has 0 amide bonds. The van der Waals surface area contributed by atoms with Gasteiger partial charge in [0.2, 0.25) is 0 Å². The van der Waals surface area contributed by atoms with Crippen molar-refractivity contribution in [2.75, 3.05) is 6.26 Å². The van der Waals surface area contributed by atoms with Gasteiger partial charge in [0.05, 0.1) is 0 Å². The molecule has 1 aliphatic carbocycles. The van der Waals surface area contributed by atoms with Crippen LogP contribution in [0.1, 0.15) is 36.8 Å². The Morgan fingerprint density at radius 2 is 1.89 bits per heavy atom. The van der Waals surface area contributed by atoms with Crippen LogP contribution in [0.15, 0.2) is 24.3 Å².